The zero-order valence-electron chi connectivity index (χ0n) is 9.06. The average molecular weight is 221 g/mol. The van der Waals surface area contributed by atoms with Gasteiger partial charge in [-0.1, -0.05) is 35.5 Å². The first kappa shape index (κ1) is 10.6. The zero-order valence-corrected chi connectivity index (χ0v) is 9.88. The normalized spacial score (nSPS) is 18.4. The van der Waals surface area contributed by atoms with Crippen molar-refractivity contribution in [1.82, 2.24) is 0 Å². The summed E-state index contributed by atoms with van der Waals surface area (Å²) in [6.07, 6.45) is 0.921. The number of hydrogen-bond donors (Lipinski definition) is 0. The van der Waals surface area contributed by atoms with Crippen LogP contribution in [0.2, 0.25) is 0 Å². The van der Waals surface area contributed by atoms with Crippen molar-refractivity contribution in [3.63, 3.8) is 0 Å². The van der Waals surface area contributed by atoms with Gasteiger partial charge in [-0.2, -0.15) is 0 Å². The Morgan fingerprint density at radius 2 is 2.07 bits per heavy atom. The summed E-state index contributed by atoms with van der Waals surface area (Å²) in [6.45, 7) is 4.12. The van der Waals surface area contributed by atoms with Gasteiger partial charge in [-0.15, -0.1) is 11.8 Å². The minimum Gasteiger partial charge on any atom is -0.389 e. The minimum atomic E-state index is -0.112. The molecular formula is C12H15NOS. The van der Waals surface area contributed by atoms with E-state index < -0.39 is 0 Å². The van der Waals surface area contributed by atoms with Crippen molar-refractivity contribution in [2.75, 3.05) is 0 Å². The molecule has 0 fully saturated rings. The quantitative estimate of drug-likeness (QED) is 0.763. The maximum Gasteiger partial charge on any atom is 0.138 e. The lowest BCUT2D eigenvalue weighted by atomic mass is 10.1. The van der Waals surface area contributed by atoms with Crippen LogP contribution in [0.15, 0.2) is 35.5 Å². The number of hydrogen-bond acceptors (Lipinski definition) is 3. The van der Waals surface area contributed by atoms with Crippen molar-refractivity contribution in [2.45, 2.75) is 31.6 Å². The van der Waals surface area contributed by atoms with E-state index in [9.17, 15) is 0 Å². The molecule has 80 valence electrons. The summed E-state index contributed by atoms with van der Waals surface area (Å²) in [5.41, 5.74) is 1.22. The van der Waals surface area contributed by atoms with E-state index in [1.807, 2.05) is 6.07 Å². The van der Waals surface area contributed by atoms with Gasteiger partial charge >= 0.3 is 0 Å². The van der Waals surface area contributed by atoms with Crippen LogP contribution in [0.5, 0.6) is 0 Å². The Kier molecular flexibility index (Phi) is 3.00. The van der Waals surface area contributed by atoms with Crippen LogP contribution in [-0.4, -0.2) is 10.6 Å². The Hall–Kier alpha value is -0.960. The zero-order chi connectivity index (χ0) is 10.7. The van der Waals surface area contributed by atoms with Gasteiger partial charge in [-0.25, -0.2) is 0 Å². The number of oxime groups is 1. The molecule has 1 aliphatic rings. The highest BCUT2D eigenvalue weighted by molar-refractivity contribution is 8.13. The van der Waals surface area contributed by atoms with Crippen LogP contribution in [0, 0.1) is 0 Å². The Morgan fingerprint density at radius 3 is 2.67 bits per heavy atom. The second-order valence-corrected chi connectivity index (χ2v) is 5.34. The highest BCUT2D eigenvalue weighted by Crippen LogP contribution is 2.28. The highest BCUT2D eigenvalue weighted by atomic mass is 32.2. The lowest BCUT2D eigenvalue weighted by Gasteiger charge is -2.12. The molecule has 15 heavy (non-hydrogen) atoms. The van der Waals surface area contributed by atoms with Crippen LogP contribution in [0.1, 0.15) is 25.8 Å². The predicted molar refractivity (Wildman–Crippen MR) is 65.0 cm³/mol. The highest BCUT2D eigenvalue weighted by Gasteiger charge is 2.28. The largest absolute Gasteiger partial charge is 0.389 e. The van der Waals surface area contributed by atoms with Gasteiger partial charge in [-0.05, 0) is 19.4 Å². The molecule has 3 heteroatoms. The Bertz CT molecular complexity index is 359. The number of nitrogens with zero attached hydrogens (tertiary/aromatic N) is 1. The standard InChI is InChI=1S/C12H15NOS/c1-12(2)8-11(13-14-12)15-9-10-6-4-3-5-7-10/h3-7H,8-9H2,1-2H3. The molecule has 0 saturated carbocycles. The third-order valence-corrected chi connectivity index (χ3v) is 3.25. The summed E-state index contributed by atoms with van der Waals surface area (Å²) >= 11 is 1.76. The van der Waals surface area contributed by atoms with Crippen molar-refractivity contribution in [3.8, 4) is 0 Å². The Morgan fingerprint density at radius 1 is 1.33 bits per heavy atom. The molecule has 0 aromatic heterocycles. The number of benzene rings is 1. The average Bonchev–Trinajstić information content (AvgIpc) is 2.57. The summed E-state index contributed by atoms with van der Waals surface area (Å²) < 4.78 is 0. The lowest BCUT2D eigenvalue weighted by Crippen LogP contribution is -2.18. The van der Waals surface area contributed by atoms with Gasteiger partial charge in [0.15, 0.2) is 0 Å². The maximum absolute atomic E-state index is 5.31. The molecule has 0 bridgehead atoms. The van der Waals surface area contributed by atoms with E-state index in [1.54, 1.807) is 11.8 Å². The molecule has 1 heterocycles. The van der Waals surface area contributed by atoms with Gasteiger partial charge in [0, 0.05) is 12.2 Å². The number of rotatable bonds is 2. The van der Waals surface area contributed by atoms with Crippen LogP contribution >= 0.6 is 11.8 Å². The molecule has 0 N–H and O–H groups in total. The summed E-state index contributed by atoms with van der Waals surface area (Å²) in [7, 11) is 0. The molecule has 1 aliphatic heterocycles. The monoisotopic (exact) mass is 221 g/mol. The maximum atomic E-state index is 5.31. The minimum absolute atomic E-state index is 0.112. The van der Waals surface area contributed by atoms with Gasteiger partial charge < -0.3 is 4.84 Å². The van der Waals surface area contributed by atoms with E-state index in [4.69, 9.17) is 4.84 Å². The third kappa shape index (κ3) is 2.99. The number of thioether (sulfide) groups is 1. The molecular weight excluding hydrogens is 206 g/mol. The van der Waals surface area contributed by atoms with Crippen LogP contribution in [0.4, 0.5) is 0 Å². The van der Waals surface area contributed by atoms with Crippen LogP contribution in [0.3, 0.4) is 0 Å². The SMILES string of the molecule is CC1(C)CC(SCc2ccccc2)=NO1. The smallest absolute Gasteiger partial charge is 0.138 e. The van der Waals surface area contributed by atoms with Crippen molar-refractivity contribution in [1.29, 1.82) is 0 Å². The first-order valence-electron chi connectivity index (χ1n) is 5.07. The fourth-order valence-electron chi connectivity index (χ4n) is 1.42. The van der Waals surface area contributed by atoms with Crippen molar-refractivity contribution in [2.24, 2.45) is 5.16 Å². The molecule has 1 aromatic rings. The summed E-state index contributed by atoms with van der Waals surface area (Å²) in [6, 6.07) is 10.4. The molecule has 0 saturated heterocycles. The van der Waals surface area contributed by atoms with Crippen molar-refractivity contribution in [3.05, 3.63) is 35.9 Å². The van der Waals surface area contributed by atoms with Gasteiger partial charge in [0.05, 0.1) is 0 Å². The topological polar surface area (TPSA) is 21.6 Å². The van der Waals surface area contributed by atoms with Crippen molar-refractivity contribution >= 4 is 16.8 Å². The Balaban J connectivity index is 1.85. The third-order valence-electron chi connectivity index (χ3n) is 2.22. The second-order valence-electron chi connectivity index (χ2n) is 4.29. The molecule has 0 amide bonds. The first-order valence-corrected chi connectivity index (χ1v) is 6.06. The van der Waals surface area contributed by atoms with Crippen LogP contribution in [-0.2, 0) is 10.6 Å². The van der Waals surface area contributed by atoms with Crippen LogP contribution < -0.4 is 0 Å². The molecule has 0 radical (unpaired) electrons. The lowest BCUT2D eigenvalue weighted by molar-refractivity contribution is 0.0123. The summed E-state index contributed by atoms with van der Waals surface area (Å²) in [5.74, 6) is 0.971. The van der Waals surface area contributed by atoms with Crippen molar-refractivity contribution < 1.29 is 4.84 Å². The molecule has 1 aromatic carbocycles. The molecule has 0 aliphatic carbocycles. The molecule has 2 rings (SSSR count). The molecule has 0 atom stereocenters. The fourth-order valence-corrected chi connectivity index (χ4v) is 2.49. The van der Waals surface area contributed by atoms with Gasteiger partial charge in [0.2, 0.25) is 0 Å². The van der Waals surface area contributed by atoms with E-state index in [-0.39, 0.29) is 5.60 Å². The predicted octanol–water partition coefficient (Wildman–Crippen LogP) is 3.43. The van der Waals surface area contributed by atoms with Gasteiger partial charge in [0.1, 0.15) is 10.6 Å². The van der Waals surface area contributed by atoms with Crippen LogP contribution in [0.25, 0.3) is 0 Å². The molecule has 0 spiro atoms. The van der Waals surface area contributed by atoms with E-state index >= 15 is 0 Å². The fraction of sp³-hybridized carbons (Fsp3) is 0.417. The van der Waals surface area contributed by atoms with E-state index in [0.29, 0.717) is 0 Å². The van der Waals surface area contributed by atoms with Gasteiger partial charge in [-0.3, -0.25) is 0 Å². The van der Waals surface area contributed by atoms with Gasteiger partial charge in [0.25, 0.3) is 0 Å². The van der Waals surface area contributed by atoms with E-state index in [2.05, 4.69) is 43.3 Å². The molecule has 0 unspecified atom stereocenters. The Labute approximate surface area is 94.7 Å². The van der Waals surface area contributed by atoms with E-state index in [1.165, 1.54) is 5.56 Å². The van der Waals surface area contributed by atoms with E-state index in [0.717, 1.165) is 17.2 Å². The molecule has 2 nitrogen and oxygen atoms in total. The summed E-state index contributed by atoms with van der Waals surface area (Å²) in [5, 5.41) is 5.18. The second kappa shape index (κ2) is 4.27. The first-order chi connectivity index (χ1) is 7.16. The summed E-state index contributed by atoms with van der Waals surface area (Å²) in [4.78, 5) is 5.31.